The molecule has 2 unspecified atom stereocenters. The summed E-state index contributed by atoms with van der Waals surface area (Å²) in [4.78, 5) is 5.94. The number of aromatic amines is 1. The summed E-state index contributed by atoms with van der Waals surface area (Å²) in [6, 6.07) is 9.52. The minimum absolute atomic E-state index is 0.500. The third-order valence-corrected chi connectivity index (χ3v) is 5.94. The first-order valence-electron chi connectivity index (χ1n) is 7.55. The van der Waals surface area contributed by atoms with Crippen LogP contribution in [-0.4, -0.2) is 29.5 Å². The molecule has 1 saturated heterocycles. The van der Waals surface area contributed by atoms with E-state index in [9.17, 15) is 0 Å². The lowest BCUT2D eigenvalue weighted by Crippen LogP contribution is -2.47. The number of H-pyrrole nitrogens is 1. The number of likely N-dealkylation sites (N-methyl/N-ethyl adjacent to an activating group) is 1. The van der Waals surface area contributed by atoms with Crippen LogP contribution in [0, 0.1) is 17.2 Å². The normalized spacial score (nSPS) is 28.3. The quantitative estimate of drug-likeness (QED) is 0.855. The smallest absolute Gasteiger partial charge is 0.0864 e. The first-order chi connectivity index (χ1) is 10.2. The summed E-state index contributed by atoms with van der Waals surface area (Å²) < 4.78 is 1.14. The first kappa shape index (κ1) is 13.4. The number of nitrogens with zero attached hydrogens (tertiary/aromatic N) is 2. The molecule has 4 heteroatoms. The molecule has 1 aliphatic carbocycles. The number of hydrogen-bond acceptors (Lipinski definition) is 2. The molecule has 0 amide bonds. The summed E-state index contributed by atoms with van der Waals surface area (Å²) in [5.41, 5.74) is 4.13. The monoisotopic (exact) mass is 343 g/mol. The Morgan fingerprint density at radius 1 is 1.48 bits per heavy atom. The van der Waals surface area contributed by atoms with Gasteiger partial charge >= 0.3 is 0 Å². The molecule has 1 N–H and O–H groups in total. The third kappa shape index (κ3) is 1.95. The second kappa shape index (κ2) is 4.86. The third-order valence-electron chi connectivity index (χ3n) is 5.26. The van der Waals surface area contributed by atoms with Crippen LogP contribution in [-0.2, 0) is 6.42 Å². The number of aromatic nitrogens is 1. The van der Waals surface area contributed by atoms with Gasteiger partial charge in [-0.2, -0.15) is 5.26 Å². The molecule has 1 aliphatic heterocycles. The molecule has 1 aromatic heterocycles. The van der Waals surface area contributed by atoms with Crippen molar-refractivity contribution in [2.24, 2.45) is 5.92 Å². The van der Waals surface area contributed by atoms with E-state index in [2.05, 4.69) is 57.1 Å². The Kier molecular flexibility index (Phi) is 3.09. The van der Waals surface area contributed by atoms with E-state index in [1.54, 1.807) is 0 Å². The van der Waals surface area contributed by atoms with Crippen LogP contribution in [0.25, 0.3) is 10.9 Å². The zero-order chi connectivity index (χ0) is 14.6. The van der Waals surface area contributed by atoms with E-state index in [0.29, 0.717) is 24.3 Å². The Balaban J connectivity index is 1.84. The summed E-state index contributed by atoms with van der Waals surface area (Å²) in [6.45, 7) is 1.04. The van der Waals surface area contributed by atoms with Gasteiger partial charge in [0.15, 0.2) is 0 Å². The molecule has 0 saturated carbocycles. The van der Waals surface area contributed by atoms with Crippen molar-refractivity contribution in [3.63, 3.8) is 0 Å². The van der Waals surface area contributed by atoms with Crippen LogP contribution in [0.2, 0.25) is 0 Å². The van der Waals surface area contributed by atoms with Crippen LogP contribution < -0.4 is 0 Å². The highest BCUT2D eigenvalue weighted by Crippen LogP contribution is 2.46. The standard InChI is InChI=1S/C17H18BrN3/c1-21-9-10(5-6-19)7-12-11-3-2-4-14-16(11)13(8-15(12)21)17(18)20-14/h2-4,10,12,15,20H,5,7-9H2,1H3/t10?,12?,15-/m1/s1. The van der Waals surface area contributed by atoms with E-state index in [1.807, 2.05) is 0 Å². The van der Waals surface area contributed by atoms with Gasteiger partial charge in [0.05, 0.1) is 10.7 Å². The Morgan fingerprint density at radius 2 is 2.33 bits per heavy atom. The molecule has 0 spiro atoms. The Bertz CT molecular complexity index is 742. The molecule has 1 fully saturated rings. The number of hydrogen-bond donors (Lipinski definition) is 1. The molecule has 3 nitrogen and oxygen atoms in total. The summed E-state index contributed by atoms with van der Waals surface area (Å²) in [6.07, 6.45) is 2.91. The lowest BCUT2D eigenvalue weighted by molar-refractivity contribution is 0.113. The topological polar surface area (TPSA) is 42.8 Å². The molecule has 0 bridgehead atoms. The number of piperidine rings is 1. The highest BCUT2D eigenvalue weighted by molar-refractivity contribution is 9.10. The molecule has 21 heavy (non-hydrogen) atoms. The van der Waals surface area contributed by atoms with Crippen molar-refractivity contribution < 1.29 is 0 Å². The fourth-order valence-electron chi connectivity index (χ4n) is 4.37. The van der Waals surface area contributed by atoms with Crippen LogP contribution in [0.4, 0.5) is 0 Å². The van der Waals surface area contributed by atoms with Crippen LogP contribution >= 0.6 is 15.9 Å². The lowest BCUT2D eigenvalue weighted by Gasteiger charge is -2.45. The van der Waals surface area contributed by atoms with Crippen LogP contribution in [0.1, 0.15) is 29.9 Å². The second-order valence-corrected chi connectivity index (χ2v) is 7.26. The van der Waals surface area contributed by atoms with Gasteiger partial charge < -0.3 is 9.88 Å². The fourth-order valence-corrected chi connectivity index (χ4v) is 4.95. The number of halogens is 1. The first-order valence-corrected chi connectivity index (χ1v) is 8.34. The van der Waals surface area contributed by atoms with Crippen molar-refractivity contribution in [2.75, 3.05) is 13.6 Å². The number of nitrogens with one attached hydrogen (secondary N) is 1. The molecule has 1 aromatic carbocycles. The van der Waals surface area contributed by atoms with E-state index in [1.165, 1.54) is 22.0 Å². The number of benzene rings is 1. The van der Waals surface area contributed by atoms with Gasteiger partial charge in [0.25, 0.3) is 0 Å². The van der Waals surface area contributed by atoms with Crippen molar-refractivity contribution >= 4 is 26.8 Å². The van der Waals surface area contributed by atoms with E-state index in [4.69, 9.17) is 5.26 Å². The zero-order valence-corrected chi connectivity index (χ0v) is 13.7. The van der Waals surface area contributed by atoms with Gasteiger partial charge in [-0.3, -0.25) is 0 Å². The number of fused-ring (bicyclic) bond motifs is 2. The average molecular weight is 344 g/mol. The van der Waals surface area contributed by atoms with Crippen LogP contribution in [0.3, 0.4) is 0 Å². The molecule has 0 radical (unpaired) electrons. The van der Waals surface area contributed by atoms with Crippen molar-refractivity contribution in [1.29, 1.82) is 5.26 Å². The molecular formula is C17H18BrN3. The highest BCUT2D eigenvalue weighted by Gasteiger charge is 2.39. The maximum atomic E-state index is 9.03. The van der Waals surface area contributed by atoms with Crippen molar-refractivity contribution in [2.45, 2.75) is 31.2 Å². The predicted molar refractivity (Wildman–Crippen MR) is 87.2 cm³/mol. The van der Waals surface area contributed by atoms with Gasteiger partial charge in [-0.25, -0.2) is 0 Å². The maximum absolute atomic E-state index is 9.03. The molecule has 2 heterocycles. The van der Waals surface area contributed by atoms with Gasteiger partial charge in [-0.1, -0.05) is 12.1 Å². The molecule has 2 aliphatic rings. The largest absolute Gasteiger partial charge is 0.349 e. The Hall–Kier alpha value is -1.31. The van der Waals surface area contributed by atoms with E-state index in [0.717, 1.165) is 24.0 Å². The number of likely N-dealkylation sites (tertiary alicyclic amines) is 1. The number of nitriles is 1. The van der Waals surface area contributed by atoms with Gasteiger partial charge in [0, 0.05) is 35.8 Å². The minimum atomic E-state index is 0.500. The average Bonchev–Trinajstić information content (AvgIpc) is 2.78. The second-order valence-electron chi connectivity index (χ2n) is 6.47. The summed E-state index contributed by atoms with van der Waals surface area (Å²) >= 11 is 3.69. The Morgan fingerprint density at radius 3 is 3.14 bits per heavy atom. The molecule has 108 valence electrons. The van der Waals surface area contributed by atoms with E-state index >= 15 is 0 Å². The molecule has 4 rings (SSSR count). The van der Waals surface area contributed by atoms with Gasteiger partial charge in [-0.05, 0) is 58.9 Å². The van der Waals surface area contributed by atoms with E-state index < -0.39 is 0 Å². The fraction of sp³-hybridized carbons (Fsp3) is 0.471. The Labute approximate surface area is 133 Å². The van der Waals surface area contributed by atoms with Crippen LogP contribution in [0.15, 0.2) is 22.8 Å². The predicted octanol–water partition coefficient (Wildman–Crippen LogP) is 3.80. The molecular weight excluding hydrogens is 326 g/mol. The van der Waals surface area contributed by atoms with Gasteiger partial charge in [0.2, 0.25) is 0 Å². The molecule has 3 atom stereocenters. The van der Waals surface area contributed by atoms with Crippen molar-refractivity contribution in [3.8, 4) is 6.07 Å². The molecule has 2 aromatic rings. The highest BCUT2D eigenvalue weighted by atomic mass is 79.9. The van der Waals surface area contributed by atoms with Crippen molar-refractivity contribution in [3.05, 3.63) is 33.9 Å². The van der Waals surface area contributed by atoms with Gasteiger partial charge in [-0.15, -0.1) is 0 Å². The van der Waals surface area contributed by atoms with Crippen molar-refractivity contribution in [1.82, 2.24) is 9.88 Å². The summed E-state index contributed by atoms with van der Waals surface area (Å²) in [5, 5.41) is 10.4. The minimum Gasteiger partial charge on any atom is -0.349 e. The summed E-state index contributed by atoms with van der Waals surface area (Å²) in [7, 11) is 2.22. The SMILES string of the molecule is CN1CC(CC#N)CC2c3cccc4[nH]c(Br)c(c34)C[C@H]21. The zero-order valence-electron chi connectivity index (χ0n) is 12.1. The summed E-state index contributed by atoms with van der Waals surface area (Å²) in [5.74, 6) is 1.06. The van der Waals surface area contributed by atoms with E-state index in [-0.39, 0.29) is 0 Å². The lowest BCUT2D eigenvalue weighted by atomic mass is 9.72. The van der Waals surface area contributed by atoms with Gasteiger partial charge in [0.1, 0.15) is 0 Å². The van der Waals surface area contributed by atoms with Crippen LogP contribution in [0.5, 0.6) is 0 Å². The maximum Gasteiger partial charge on any atom is 0.0864 e. The number of rotatable bonds is 1.